The molecular weight excluding hydrogens is 420 g/mol. The number of aryl methyl sites for hydroxylation is 1. The van der Waals surface area contributed by atoms with Crippen LogP contribution >= 0.6 is 11.6 Å². The first kappa shape index (κ1) is 24.2. The summed E-state index contributed by atoms with van der Waals surface area (Å²) >= 11 is 6.19. The van der Waals surface area contributed by atoms with Gasteiger partial charge in [0.25, 0.3) is 15.9 Å². The molecular formula is C23H31ClN2O3S. The minimum absolute atomic E-state index is 0.0286. The molecule has 30 heavy (non-hydrogen) atoms. The summed E-state index contributed by atoms with van der Waals surface area (Å²) in [6, 6.07) is 9.66. The van der Waals surface area contributed by atoms with Crippen LogP contribution in [0.2, 0.25) is 5.02 Å². The molecule has 0 saturated heterocycles. The quantitative estimate of drug-likeness (QED) is 0.592. The van der Waals surface area contributed by atoms with Crippen molar-refractivity contribution in [3.05, 3.63) is 58.1 Å². The van der Waals surface area contributed by atoms with Crippen LogP contribution in [-0.4, -0.2) is 19.9 Å². The summed E-state index contributed by atoms with van der Waals surface area (Å²) in [4.78, 5) is 12.7. The summed E-state index contributed by atoms with van der Waals surface area (Å²) in [6.07, 6.45) is 0.763. The van der Waals surface area contributed by atoms with Crippen LogP contribution in [-0.2, 0) is 10.0 Å². The Bertz CT molecular complexity index is 1050. The maximum absolute atomic E-state index is 13.0. The van der Waals surface area contributed by atoms with Gasteiger partial charge in [-0.3, -0.25) is 9.52 Å². The summed E-state index contributed by atoms with van der Waals surface area (Å²) in [6.45, 7) is 14.0. The lowest BCUT2D eigenvalue weighted by atomic mass is 9.81. The summed E-state index contributed by atoms with van der Waals surface area (Å²) in [5.74, 6) is -0.343. The van der Waals surface area contributed by atoms with Crippen molar-refractivity contribution in [2.45, 2.75) is 65.3 Å². The molecule has 0 spiro atoms. The van der Waals surface area contributed by atoms with Crippen molar-refractivity contribution < 1.29 is 13.2 Å². The molecule has 0 heterocycles. The highest BCUT2D eigenvalue weighted by molar-refractivity contribution is 7.92. The van der Waals surface area contributed by atoms with Gasteiger partial charge in [-0.1, -0.05) is 44.5 Å². The van der Waals surface area contributed by atoms with Crippen molar-refractivity contribution >= 4 is 33.2 Å². The average Bonchev–Trinajstić information content (AvgIpc) is 2.56. The second-order valence-electron chi connectivity index (χ2n) is 9.57. The normalized spacial score (nSPS) is 12.5. The van der Waals surface area contributed by atoms with E-state index in [0.29, 0.717) is 5.69 Å². The molecule has 7 heteroatoms. The van der Waals surface area contributed by atoms with Crippen LogP contribution in [0.5, 0.6) is 0 Å². The minimum Gasteiger partial charge on any atom is -0.347 e. The third-order valence-corrected chi connectivity index (χ3v) is 6.60. The molecule has 2 aromatic carbocycles. The third kappa shape index (κ3) is 6.22. The van der Waals surface area contributed by atoms with Gasteiger partial charge in [0.15, 0.2) is 0 Å². The zero-order valence-electron chi connectivity index (χ0n) is 18.7. The number of amides is 1. The summed E-state index contributed by atoms with van der Waals surface area (Å²) in [7, 11) is -3.97. The fourth-order valence-corrected chi connectivity index (χ4v) is 5.31. The van der Waals surface area contributed by atoms with Crippen molar-refractivity contribution in [1.29, 1.82) is 0 Å². The summed E-state index contributed by atoms with van der Waals surface area (Å²) in [5.41, 5.74) is 2.09. The van der Waals surface area contributed by atoms with E-state index in [4.69, 9.17) is 11.6 Å². The van der Waals surface area contributed by atoms with Crippen molar-refractivity contribution in [2.24, 2.45) is 5.41 Å². The second kappa shape index (κ2) is 8.60. The van der Waals surface area contributed by atoms with E-state index < -0.39 is 15.6 Å². The van der Waals surface area contributed by atoms with Crippen molar-refractivity contribution in [1.82, 2.24) is 5.32 Å². The maximum atomic E-state index is 13.0. The molecule has 2 aromatic rings. The number of carbonyl (C=O) groups is 1. The highest BCUT2D eigenvalue weighted by atomic mass is 35.5. The number of hydrogen-bond donors (Lipinski definition) is 2. The molecule has 0 atom stereocenters. The van der Waals surface area contributed by atoms with Gasteiger partial charge in [0.1, 0.15) is 4.90 Å². The van der Waals surface area contributed by atoms with Crippen LogP contribution in [0.25, 0.3) is 0 Å². The highest BCUT2D eigenvalue weighted by Crippen LogP contribution is 2.29. The van der Waals surface area contributed by atoms with Gasteiger partial charge in [-0.2, -0.15) is 0 Å². The van der Waals surface area contributed by atoms with E-state index in [9.17, 15) is 13.2 Å². The Morgan fingerprint density at radius 1 is 1.03 bits per heavy atom. The van der Waals surface area contributed by atoms with E-state index >= 15 is 0 Å². The van der Waals surface area contributed by atoms with E-state index in [1.165, 1.54) is 18.2 Å². The Hall–Kier alpha value is -2.05. The molecule has 0 unspecified atom stereocenters. The Morgan fingerprint density at radius 3 is 2.27 bits per heavy atom. The van der Waals surface area contributed by atoms with Crippen molar-refractivity contribution in [2.75, 3.05) is 4.72 Å². The fourth-order valence-electron chi connectivity index (χ4n) is 3.66. The number of sulfonamides is 1. The van der Waals surface area contributed by atoms with Gasteiger partial charge < -0.3 is 5.32 Å². The van der Waals surface area contributed by atoms with Gasteiger partial charge in [-0.15, -0.1) is 0 Å². The molecule has 0 aliphatic heterocycles. The SMILES string of the molecule is Cc1cccc(NS(=O)(=O)c2cc(C(=O)NC(C)(C)CC(C)(C)C)ccc2Cl)c1C. The lowest BCUT2D eigenvalue weighted by molar-refractivity contribution is 0.0891. The van der Waals surface area contributed by atoms with Gasteiger partial charge in [-0.25, -0.2) is 8.42 Å². The number of benzene rings is 2. The number of carbonyl (C=O) groups excluding carboxylic acids is 1. The smallest absolute Gasteiger partial charge is 0.263 e. The van der Waals surface area contributed by atoms with Gasteiger partial charge in [0.2, 0.25) is 0 Å². The summed E-state index contributed by atoms with van der Waals surface area (Å²) in [5, 5.41) is 3.05. The second-order valence-corrected chi connectivity index (χ2v) is 11.6. The topological polar surface area (TPSA) is 75.3 Å². The molecule has 1 amide bonds. The maximum Gasteiger partial charge on any atom is 0.263 e. The van der Waals surface area contributed by atoms with Crippen LogP contribution < -0.4 is 10.0 Å². The summed E-state index contributed by atoms with van der Waals surface area (Å²) < 4.78 is 28.6. The molecule has 0 bridgehead atoms. The molecule has 164 valence electrons. The molecule has 0 aliphatic rings. The van der Waals surface area contributed by atoms with Crippen LogP contribution in [0.4, 0.5) is 5.69 Å². The van der Waals surface area contributed by atoms with E-state index in [1.54, 1.807) is 12.1 Å². The first-order chi connectivity index (χ1) is 13.6. The van der Waals surface area contributed by atoms with E-state index in [0.717, 1.165) is 17.5 Å². The van der Waals surface area contributed by atoms with Crippen LogP contribution in [0, 0.1) is 19.3 Å². The largest absolute Gasteiger partial charge is 0.347 e. The third-order valence-electron chi connectivity index (χ3n) is 4.76. The molecule has 0 radical (unpaired) electrons. The van der Waals surface area contributed by atoms with E-state index in [1.807, 2.05) is 33.8 Å². The number of anilines is 1. The predicted molar refractivity (Wildman–Crippen MR) is 124 cm³/mol. The lowest BCUT2D eigenvalue weighted by Gasteiger charge is -2.33. The Balaban J connectivity index is 2.34. The van der Waals surface area contributed by atoms with Gasteiger partial charge in [-0.05, 0) is 74.9 Å². The number of hydrogen-bond acceptors (Lipinski definition) is 3. The highest BCUT2D eigenvalue weighted by Gasteiger charge is 2.28. The average molecular weight is 451 g/mol. The van der Waals surface area contributed by atoms with Crippen LogP contribution in [0.15, 0.2) is 41.3 Å². The number of nitrogens with one attached hydrogen (secondary N) is 2. The molecule has 5 nitrogen and oxygen atoms in total. The first-order valence-electron chi connectivity index (χ1n) is 9.82. The Labute approximate surface area is 185 Å². The lowest BCUT2D eigenvalue weighted by Crippen LogP contribution is -2.45. The number of rotatable bonds is 6. The molecule has 2 N–H and O–H groups in total. The fraction of sp³-hybridized carbons (Fsp3) is 0.435. The van der Waals surface area contributed by atoms with E-state index in [2.05, 4.69) is 30.8 Å². The molecule has 0 aromatic heterocycles. The standard InChI is InChI=1S/C23H31ClN2O3S/c1-15-9-8-10-19(16(15)2)26-30(28,29)20-13-17(11-12-18(20)24)21(27)25-23(6,7)14-22(3,4)5/h8-13,26H,14H2,1-7H3,(H,25,27). The van der Waals surface area contributed by atoms with Gasteiger partial charge in [0, 0.05) is 11.1 Å². The minimum atomic E-state index is -3.97. The first-order valence-corrected chi connectivity index (χ1v) is 11.7. The number of halogens is 1. The van der Waals surface area contributed by atoms with Crippen molar-refractivity contribution in [3.63, 3.8) is 0 Å². The van der Waals surface area contributed by atoms with Gasteiger partial charge in [0.05, 0.1) is 10.7 Å². The molecule has 0 fully saturated rings. The van der Waals surface area contributed by atoms with Crippen molar-refractivity contribution in [3.8, 4) is 0 Å². The molecule has 0 saturated carbocycles. The Kier molecular flexibility index (Phi) is 6.94. The van der Waals surface area contributed by atoms with E-state index in [-0.39, 0.29) is 26.8 Å². The van der Waals surface area contributed by atoms with Gasteiger partial charge >= 0.3 is 0 Å². The van der Waals surface area contributed by atoms with Crippen LogP contribution in [0.3, 0.4) is 0 Å². The zero-order valence-corrected chi connectivity index (χ0v) is 20.3. The molecule has 2 rings (SSSR count). The molecule has 0 aliphatic carbocycles. The van der Waals surface area contributed by atoms with Crippen LogP contribution in [0.1, 0.15) is 62.5 Å². The predicted octanol–water partition coefficient (Wildman–Crippen LogP) is 5.70. The monoisotopic (exact) mass is 450 g/mol. The zero-order chi connectivity index (χ0) is 22.9. The Morgan fingerprint density at radius 2 is 1.67 bits per heavy atom.